The van der Waals surface area contributed by atoms with Crippen molar-refractivity contribution in [2.75, 3.05) is 36.0 Å². The minimum atomic E-state index is 0.772. The number of nitrogens with zero attached hydrogens (tertiary/aromatic N) is 8. The Morgan fingerprint density at radius 1 is 0.511 bits per heavy atom. The first-order valence-electron chi connectivity index (χ1n) is 15.9. The highest BCUT2D eigenvalue weighted by atomic mass is 15.2. The second-order valence-corrected chi connectivity index (χ2v) is 11.7. The van der Waals surface area contributed by atoms with Gasteiger partial charge in [-0.3, -0.25) is 9.98 Å². The molecule has 8 heteroatoms. The molecule has 0 radical (unpaired) electrons. The van der Waals surface area contributed by atoms with Gasteiger partial charge in [-0.25, -0.2) is 9.97 Å². The lowest BCUT2D eigenvalue weighted by atomic mass is 10.1. The number of benzene rings is 4. The molecular weight excluding hydrogens is 556 g/mol. The van der Waals surface area contributed by atoms with Crippen molar-refractivity contribution in [3.05, 3.63) is 121 Å². The summed E-state index contributed by atoms with van der Waals surface area (Å²) >= 11 is 0. The molecule has 0 fully saturated rings. The molecule has 0 N–H and O–H groups in total. The van der Waals surface area contributed by atoms with Crippen molar-refractivity contribution in [3.63, 3.8) is 0 Å². The van der Waals surface area contributed by atoms with Crippen LogP contribution in [0.2, 0.25) is 0 Å². The first kappa shape index (κ1) is 27.3. The van der Waals surface area contributed by atoms with Crippen molar-refractivity contribution in [3.8, 4) is 0 Å². The zero-order valence-electron chi connectivity index (χ0n) is 25.3. The van der Waals surface area contributed by atoms with Gasteiger partial charge in [-0.2, -0.15) is 0 Å². The van der Waals surface area contributed by atoms with Crippen molar-refractivity contribution in [1.82, 2.24) is 19.1 Å². The summed E-state index contributed by atoms with van der Waals surface area (Å²) in [6.45, 7) is 5.13. The predicted molar refractivity (Wildman–Crippen MR) is 184 cm³/mol. The van der Waals surface area contributed by atoms with Crippen molar-refractivity contribution >= 4 is 44.6 Å². The van der Waals surface area contributed by atoms with E-state index in [9.17, 15) is 0 Å². The monoisotopic (exact) mass is 592 g/mol. The van der Waals surface area contributed by atoms with E-state index >= 15 is 0 Å². The molecule has 0 bridgehead atoms. The molecule has 0 atom stereocenters. The predicted octanol–water partition coefficient (Wildman–Crippen LogP) is 6.79. The van der Waals surface area contributed by atoms with Crippen LogP contribution in [0.25, 0.3) is 21.5 Å². The Balaban J connectivity index is 1.03. The number of aromatic nitrogens is 4. The lowest BCUT2D eigenvalue weighted by Gasteiger charge is -2.25. The van der Waals surface area contributed by atoms with E-state index in [0.717, 1.165) is 70.2 Å². The van der Waals surface area contributed by atoms with Crippen molar-refractivity contribution in [2.45, 2.75) is 32.4 Å². The van der Waals surface area contributed by atoms with Crippen LogP contribution in [0, 0.1) is 0 Å². The Kier molecular flexibility index (Phi) is 7.31. The van der Waals surface area contributed by atoms with Gasteiger partial charge < -0.3 is 18.9 Å². The van der Waals surface area contributed by atoms with Gasteiger partial charge in [0.1, 0.15) is 11.7 Å². The van der Waals surface area contributed by atoms with E-state index in [2.05, 4.69) is 102 Å². The van der Waals surface area contributed by atoms with Crippen LogP contribution in [0.4, 0.5) is 11.4 Å². The molecule has 2 aliphatic rings. The first-order valence-corrected chi connectivity index (χ1v) is 15.9. The third-order valence-corrected chi connectivity index (χ3v) is 8.89. The van der Waals surface area contributed by atoms with Crippen LogP contribution in [0.15, 0.2) is 120 Å². The molecule has 0 saturated carbocycles. The summed E-state index contributed by atoms with van der Waals surface area (Å²) in [5.41, 5.74) is 5.00. The molecule has 0 amide bonds. The summed E-state index contributed by atoms with van der Waals surface area (Å²) in [6, 6.07) is 26.4. The van der Waals surface area contributed by atoms with Crippen molar-refractivity contribution in [2.24, 2.45) is 9.98 Å². The van der Waals surface area contributed by atoms with Gasteiger partial charge in [0.2, 0.25) is 0 Å². The minimum Gasteiger partial charge on any atom is -0.337 e. The number of amidine groups is 2. The molecule has 8 rings (SSSR count). The first-order chi connectivity index (χ1) is 22.3. The van der Waals surface area contributed by atoms with E-state index in [-0.39, 0.29) is 0 Å². The van der Waals surface area contributed by atoms with Gasteiger partial charge in [0.05, 0.1) is 24.0 Å². The van der Waals surface area contributed by atoms with E-state index in [1.165, 1.54) is 44.0 Å². The molecule has 0 spiro atoms. The SMILES string of the molecule is c1cc2c3c(cccc3c1)N(CCCN1C(=NCCCn3ccnc3)c3cccc4cccc1c34)C2=NCCCn1ccnc1. The summed E-state index contributed by atoms with van der Waals surface area (Å²) in [7, 11) is 0. The normalized spacial score (nSPS) is 15.5. The second kappa shape index (κ2) is 12.0. The molecule has 0 aliphatic carbocycles. The molecule has 0 saturated heterocycles. The van der Waals surface area contributed by atoms with E-state index in [4.69, 9.17) is 9.98 Å². The average Bonchev–Trinajstić information content (AvgIpc) is 3.88. The Hall–Kier alpha value is -5.24. The maximum atomic E-state index is 5.21. The summed E-state index contributed by atoms with van der Waals surface area (Å²) < 4.78 is 4.24. The minimum absolute atomic E-state index is 0.772. The quantitative estimate of drug-likeness (QED) is 0.147. The van der Waals surface area contributed by atoms with Crippen LogP contribution < -0.4 is 9.80 Å². The van der Waals surface area contributed by atoms with Gasteiger partial charge in [-0.05, 0) is 42.2 Å². The van der Waals surface area contributed by atoms with Crippen LogP contribution >= 0.6 is 0 Å². The van der Waals surface area contributed by atoms with Crippen molar-refractivity contribution in [1.29, 1.82) is 0 Å². The molecule has 8 nitrogen and oxygen atoms in total. The van der Waals surface area contributed by atoms with Crippen LogP contribution in [0.1, 0.15) is 30.4 Å². The Labute approximate surface area is 263 Å². The highest BCUT2D eigenvalue weighted by Gasteiger charge is 2.30. The number of hydrogen-bond donors (Lipinski definition) is 0. The molecule has 6 aromatic rings. The maximum Gasteiger partial charge on any atom is 0.136 e. The highest BCUT2D eigenvalue weighted by molar-refractivity contribution is 6.28. The zero-order chi connectivity index (χ0) is 30.0. The van der Waals surface area contributed by atoms with Crippen LogP contribution in [-0.2, 0) is 13.1 Å². The van der Waals surface area contributed by atoms with Crippen molar-refractivity contribution < 1.29 is 0 Å². The Morgan fingerprint density at radius 2 is 0.978 bits per heavy atom. The molecule has 2 aromatic heterocycles. The standard InChI is InChI=1S/C37H36N8/c1-8-28-10-3-14-32-34(28)30(12-1)36(40-16-5-20-42-24-18-38-26-42)44(32)22-7-23-45-33-15-4-11-29-9-2-13-31(35(29)33)37(45)41-17-6-21-43-25-19-39-27-43/h1-4,8-15,18-19,24-27H,5-7,16-17,20-23H2. The molecular formula is C37H36N8. The largest absolute Gasteiger partial charge is 0.337 e. The topological polar surface area (TPSA) is 66.8 Å². The van der Waals surface area contributed by atoms with Gasteiger partial charge in [0.25, 0.3) is 0 Å². The van der Waals surface area contributed by atoms with E-state index < -0.39 is 0 Å². The summed E-state index contributed by atoms with van der Waals surface area (Å²) in [5.74, 6) is 2.18. The van der Waals surface area contributed by atoms with E-state index in [1.54, 1.807) is 0 Å². The molecule has 45 heavy (non-hydrogen) atoms. The fraction of sp³-hybridized carbons (Fsp3) is 0.243. The molecule has 2 aliphatic heterocycles. The molecule has 224 valence electrons. The zero-order valence-corrected chi connectivity index (χ0v) is 25.3. The summed E-state index contributed by atoms with van der Waals surface area (Å²) in [6.07, 6.45) is 14.3. The Morgan fingerprint density at radius 3 is 1.42 bits per heavy atom. The van der Waals surface area contributed by atoms with E-state index in [1.807, 2.05) is 37.4 Å². The summed E-state index contributed by atoms with van der Waals surface area (Å²) in [5, 5.41) is 5.16. The Bertz CT molecular complexity index is 1850. The molecule has 4 heterocycles. The number of hydrogen-bond acceptors (Lipinski definition) is 4. The second-order valence-electron chi connectivity index (χ2n) is 11.7. The maximum absolute atomic E-state index is 5.21. The summed E-state index contributed by atoms with van der Waals surface area (Å²) in [4.78, 5) is 23.7. The fourth-order valence-corrected chi connectivity index (χ4v) is 6.88. The van der Waals surface area contributed by atoms with Gasteiger partial charge >= 0.3 is 0 Å². The van der Waals surface area contributed by atoms with Crippen LogP contribution in [-0.4, -0.2) is 57.0 Å². The average molecular weight is 593 g/mol. The van der Waals surface area contributed by atoms with E-state index in [0.29, 0.717) is 0 Å². The van der Waals surface area contributed by atoms with Gasteiger partial charge in [-0.15, -0.1) is 0 Å². The number of aryl methyl sites for hydroxylation is 2. The number of rotatable bonds is 12. The third-order valence-electron chi connectivity index (χ3n) is 8.89. The van der Waals surface area contributed by atoms with Gasteiger partial charge in [-0.1, -0.05) is 60.7 Å². The van der Waals surface area contributed by atoms with Crippen LogP contribution in [0.3, 0.4) is 0 Å². The van der Waals surface area contributed by atoms with Gasteiger partial charge in [0, 0.05) is 86.0 Å². The number of imidazole rings is 2. The number of anilines is 2. The lowest BCUT2D eigenvalue weighted by Crippen LogP contribution is -2.34. The number of aliphatic imine (C=N–C) groups is 2. The smallest absolute Gasteiger partial charge is 0.136 e. The fourth-order valence-electron chi connectivity index (χ4n) is 6.88. The lowest BCUT2D eigenvalue weighted by molar-refractivity contribution is 0.650. The highest BCUT2D eigenvalue weighted by Crippen LogP contribution is 2.40. The molecule has 0 unspecified atom stereocenters. The van der Waals surface area contributed by atoms with Gasteiger partial charge in [0.15, 0.2) is 0 Å². The van der Waals surface area contributed by atoms with Crippen LogP contribution in [0.5, 0.6) is 0 Å². The molecule has 4 aromatic carbocycles. The third kappa shape index (κ3) is 5.16.